The van der Waals surface area contributed by atoms with Crippen LogP contribution in [-0.2, 0) is 15.4 Å². The standard InChI is InChI=1S/C20H19Br2N3O2S2/c21-13-15-4-6-18(7-5-15)29(26,27)25-10-8-24(9-11-25)20-23-19(14-28-20)16-2-1-3-17(22)12-16/h1-7,12,14H,8-11,13H2. The van der Waals surface area contributed by atoms with Crippen molar-refractivity contribution in [3.8, 4) is 11.3 Å². The summed E-state index contributed by atoms with van der Waals surface area (Å²) in [5.41, 5.74) is 3.06. The predicted molar refractivity (Wildman–Crippen MR) is 125 cm³/mol. The fourth-order valence-corrected chi connectivity index (χ4v) is 6.29. The summed E-state index contributed by atoms with van der Waals surface area (Å²) in [6.07, 6.45) is 0. The highest BCUT2D eigenvalue weighted by atomic mass is 79.9. The Balaban J connectivity index is 1.44. The number of alkyl halides is 1. The van der Waals surface area contributed by atoms with Gasteiger partial charge in [0.25, 0.3) is 0 Å². The van der Waals surface area contributed by atoms with Crippen LogP contribution >= 0.6 is 43.2 Å². The van der Waals surface area contributed by atoms with Gasteiger partial charge in [-0.3, -0.25) is 0 Å². The van der Waals surface area contributed by atoms with Gasteiger partial charge in [-0.1, -0.05) is 56.1 Å². The summed E-state index contributed by atoms with van der Waals surface area (Å²) in [4.78, 5) is 7.27. The quantitative estimate of drug-likeness (QED) is 0.416. The van der Waals surface area contributed by atoms with E-state index in [1.54, 1.807) is 27.8 Å². The van der Waals surface area contributed by atoms with Crippen molar-refractivity contribution in [2.45, 2.75) is 10.2 Å². The number of piperazine rings is 1. The van der Waals surface area contributed by atoms with Gasteiger partial charge in [0.1, 0.15) is 0 Å². The summed E-state index contributed by atoms with van der Waals surface area (Å²) < 4.78 is 28.4. The molecule has 9 heteroatoms. The highest BCUT2D eigenvalue weighted by Crippen LogP contribution is 2.30. The number of thiazole rings is 1. The molecule has 0 amide bonds. The van der Waals surface area contributed by atoms with E-state index in [0.29, 0.717) is 36.4 Å². The van der Waals surface area contributed by atoms with E-state index in [1.165, 1.54) is 0 Å². The topological polar surface area (TPSA) is 53.5 Å². The van der Waals surface area contributed by atoms with Crippen molar-refractivity contribution in [1.29, 1.82) is 0 Å². The number of benzene rings is 2. The summed E-state index contributed by atoms with van der Waals surface area (Å²) in [7, 11) is -3.47. The smallest absolute Gasteiger partial charge is 0.243 e. The van der Waals surface area contributed by atoms with Crippen LogP contribution in [0.3, 0.4) is 0 Å². The van der Waals surface area contributed by atoms with Gasteiger partial charge in [0.05, 0.1) is 10.6 Å². The highest BCUT2D eigenvalue weighted by molar-refractivity contribution is 9.10. The number of hydrogen-bond acceptors (Lipinski definition) is 5. The Bertz CT molecular complexity index is 1090. The maximum atomic E-state index is 12.9. The van der Waals surface area contributed by atoms with Gasteiger partial charge in [0.15, 0.2) is 5.13 Å². The third-order valence-corrected chi connectivity index (χ3v) is 8.79. The second-order valence-electron chi connectivity index (χ2n) is 6.69. The Hall–Kier alpha value is -1.26. The molecule has 1 aliphatic heterocycles. The Morgan fingerprint density at radius 3 is 2.41 bits per heavy atom. The molecule has 2 aromatic carbocycles. The monoisotopic (exact) mass is 555 g/mol. The van der Waals surface area contributed by atoms with Crippen molar-refractivity contribution in [2.75, 3.05) is 31.1 Å². The van der Waals surface area contributed by atoms with Gasteiger partial charge in [-0.05, 0) is 29.8 Å². The summed E-state index contributed by atoms with van der Waals surface area (Å²) in [6, 6.07) is 15.1. The van der Waals surface area contributed by atoms with Crippen LogP contribution < -0.4 is 4.90 Å². The molecule has 1 aromatic heterocycles. The molecule has 4 rings (SSSR count). The Labute approximate surface area is 191 Å². The molecule has 1 aliphatic rings. The van der Waals surface area contributed by atoms with Crippen LogP contribution in [0.5, 0.6) is 0 Å². The van der Waals surface area contributed by atoms with E-state index in [0.717, 1.165) is 26.4 Å². The molecule has 0 saturated carbocycles. The number of hydrogen-bond donors (Lipinski definition) is 0. The van der Waals surface area contributed by atoms with Crippen LogP contribution in [0, 0.1) is 0 Å². The molecule has 0 atom stereocenters. The number of anilines is 1. The molecule has 0 N–H and O–H groups in total. The van der Waals surface area contributed by atoms with E-state index in [2.05, 4.69) is 36.8 Å². The SMILES string of the molecule is O=S(=O)(c1ccc(CBr)cc1)N1CCN(c2nc(-c3cccc(Br)c3)cs2)CC1. The summed E-state index contributed by atoms with van der Waals surface area (Å²) in [5.74, 6) is 0. The fourth-order valence-electron chi connectivity index (χ4n) is 3.21. The van der Waals surface area contributed by atoms with Crippen molar-refractivity contribution >= 4 is 58.4 Å². The molecule has 0 aliphatic carbocycles. The molecule has 3 aromatic rings. The average molecular weight is 557 g/mol. The van der Waals surface area contributed by atoms with Crippen LogP contribution in [0.2, 0.25) is 0 Å². The van der Waals surface area contributed by atoms with Crippen molar-refractivity contribution in [1.82, 2.24) is 9.29 Å². The van der Waals surface area contributed by atoms with Crippen LogP contribution in [0.1, 0.15) is 5.56 Å². The van der Waals surface area contributed by atoms with E-state index < -0.39 is 10.0 Å². The second-order valence-corrected chi connectivity index (χ2v) is 10.9. The first-order valence-corrected chi connectivity index (χ1v) is 13.3. The molecule has 152 valence electrons. The van der Waals surface area contributed by atoms with Gasteiger partial charge in [0, 0.05) is 46.9 Å². The molecule has 1 saturated heterocycles. The van der Waals surface area contributed by atoms with Crippen LogP contribution in [0.4, 0.5) is 5.13 Å². The highest BCUT2D eigenvalue weighted by Gasteiger charge is 2.29. The molecule has 0 radical (unpaired) electrons. The fraction of sp³-hybridized carbons (Fsp3) is 0.250. The minimum atomic E-state index is -3.47. The van der Waals surface area contributed by atoms with Crippen molar-refractivity contribution in [3.05, 3.63) is 63.9 Å². The lowest BCUT2D eigenvalue weighted by atomic mass is 10.2. The minimum absolute atomic E-state index is 0.349. The Morgan fingerprint density at radius 1 is 1.03 bits per heavy atom. The Morgan fingerprint density at radius 2 is 1.76 bits per heavy atom. The largest absolute Gasteiger partial charge is 0.345 e. The van der Waals surface area contributed by atoms with E-state index in [9.17, 15) is 8.42 Å². The van der Waals surface area contributed by atoms with Gasteiger partial charge >= 0.3 is 0 Å². The molecule has 29 heavy (non-hydrogen) atoms. The molecule has 0 unspecified atom stereocenters. The van der Waals surface area contributed by atoms with E-state index in [4.69, 9.17) is 4.98 Å². The molecular weight excluding hydrogens is 538 g/mol. The normalized spacial score (nSPS) is 15.6. The minimum Gasteiger partial charge on any atom is -0.345 e. The molecule has 0 spiro atoms. The van der Waals surface area contributed by atoms with Gasteiger partial charge in [-0.15, -0.1) is 11.3 Å². The summed E-state index contributed by atoms with van der Waals surface area (Å²) in [6.45, 7) is 2.16. The first-order chi connectivity index (χ1) is 14.0. The van der Waals surface area contributed by atoms with Crippen LogP contribution in [0.25, 0.3) is 11.3 Å². The van der Waals surface area contributed by atoms with Gasteiger partial charge in [-0.2, -0.15) is 4.31 Å². The lowest BCUT2D eigenvalue weighted by Crippen LogP contribution is -2.48. The van der Waals surface area contributed by atoms with Gasteiger partial charge < -0.3 is 4.90 Å². The number of halogens is 2. The Kier molecular flexibility index (Phi) is 6.41. The van der Waals surface area contributed by atoms with Crippen LogP contribution in [0.15, 0.2) is 63.3 Å². The van der Waals surface area contributed by atoms with E-state index >= 15 is 0 Å². The molecule has 5 nitrogen and oxygen atoms in total. The maximum absolute atomic E-state index is 12.9. The third-order valence-electron chi connectivity index (χ3n) is 4.84. The zero-order valence-corrected chi connectivity index (χ0v) is 20.3. The molecular formula is C20H19Br2N3O2S2. The number of aromatic nitrogens is 1. The lowest BCUT2D eigenvalue weighted by Gasteiger charge is -2.33. The first-order valence-electron chi connectivity index (χ1n) is 9.09. The number of sulfonamides is 1. The zero-order valence-electron chi connectivity index (χ0n) is 15.5. The molecule has 1 fully saturated rings. The predicted octanol–water partition coefficient (Wildman–Crippen LogP) is 4.98. The summed E-state index contributed by atoms with van der Waals surface area (Å²) >= 11 is 8.47. The number of rotatable bonds is 5. The van der Waals surface area contributed by atoms with Crippen LogP contribution in [-0.4, -0.2) is 43.9 Å². The number of nitrogens with zero attached hydrogens (tertiary/aromatic N) is 3. The average Bonchev–Trinajstić information content (AvgIpc) is 3.24. The van der Waals surface area contributed by atoms with Gasteiger partial charge in [0.2, 0.25) is 10.0 Å². The first kappa shape index (κ1) is 21.0. The second kappa shape index (κ2) is 8.85. The summed E-state index contributed by atoms with van der Waals surface area (Å²) in [5, 5.41) is 3.69. The van der Waals surface area contributed by atoms with E-state index in [1.807, 2.05) is 41.8 Å². The van der Waals surface area contributed by atoms with Gasteiger partial charge in [-0.25, -0.2) is 13.4 Å². The maximum Gasteiger partial charge on any atom is 0.243 e. The lowest BCUT2D eigenvalue weighted by molar-refractivity contribution is 0.385. The van der Waals surface area contributed by atoms with Crippen molar-refractivity contribution in [3.63, 3.8) is 0 Å². The molecule has 2 heterocycles. The molecule has 0 bridgehead atoms. The van der Waals surface area contributed by atoms with E-state index in [-0.39, 0.29) is 0 Å². The third kappa shape index (κ3) is 4.59. The van der Waals surface area contributed by atoms with Crippen molar-refractivity contribution in [2.24, 2.45) is 0 Å². The zero-order chi connectivity index (χ0) is 20.4. The van der Waals surface area contributed by atoms with Crippen molar-refractivity contribution < 1.29 is 8.42 Å².